The molecule has 0 aliphatic heterocycles. The minimum atomic E-state index is -0.754. The Balaban J connectivity index is 1.50. The van der Waals surface area contributed by atoms with Crippen LogP contribution in [0.2, 0.25) is 0 Å². The van der Waals surface area contributed by atoms with Gasteiger partial charge in [-0.25, -0.2) is 4.79 Å². The second-order valence-corrected chi connectivity index (χ2v) is 6.91. The van der Waals surface area contributed by atoms with Crippen LogP contribution in [0, 0.1) is 11.3 Å². The average molecular weight is 280 g/mol. The molecule has 3 fully saturated rings. The molecular weight excluding hydrogens is 256 g/mol. The Labute approximate surface area is 119 Å². The molecule has 0 bridgehead atoms. The summed E-state index contributed by atoms with van der Waals surface area (Å²) in [5.41, 5.74) is -0.184. The van der Waals surface area contributed by atoms with Crippen molar-refractivity contribution >= 4 is 12.0 Å². The lowest BCUT2D eigenvalue weighted by Gasteiger charge is -2.41. The fourth-order valence-corrected chi connectivity index (χ4v) is 3.14. The third-order valence-corrected chi connectivity index (χ3v) is 4.96. The Hall–Kier alpha value is -1.26. The standard InChI is InChI=1S/C15H24N2O3/c18-13(19)8-15(6-1-7-15)10-16-14(20)17(12-4-5-12)9-11-2-3-11/h11-12H,1-10H2,(H,16,20)(H,18,19). The number of nitrogens with one attached hydrogen (secondary N) is 1. The van der Waals surface area contributed by atoms with Crippen LogP contribution in [0.4, 0.5) is 4.79 Å². The Morgan fingerprint density at radius 3 is 2.35 bits per heavy atom. The van der Waals surface area contributed by atoms with Gasteiger partial charge in [0.05, 0.1) is 6.42 Å². The van der Waals surface area contributed by atoms with Crippen molar-refractivity contribution in [3.05, 3.63) is 0 Å². The number of carboxylic acids is 1. The first-order valence-corrected chi connectivity index (χ1v) is 7.84. The number of rotatable bonds is 7. The highest BCUT2D eigenvalue weighted by Crippen LogP contribution is 2.43. The van der Waals surface area contributed by atoms with Gasteiger partial charge < -0.3 is 15.3 Å². The molecule has 0 heterocycles. The highest BCUT2D eigenvalue weighted by atomic mass is 16.4. The van der Waals surface area contributed by atoms with Gasteiger partial charge in [0.15, 0.2) is 0 Å². The number of hydrogen-bond donors (Lipinski definition) is 2. The number of amides is 2. The molecule has 112 valence electrons. The van der Waals surface area contributed by atoms with Crippen molar-refractivity contribution in [1.29, 1.82) is 0 Å². The van der Waals surface area contributed by atoms with Gasteiger partial charge >= 0.3 is 12.0 Å². The molecule has 0 spiro atoms. The number of aliphatic carboxylic acids is 1. The summed E-state index contributed by atoms with van der Waals surface area (Å²) in [4.78, 5) is 25.3. The van der Waals surface area contributed by atoms with Gasteiger partial charge in [-0.15, -0.1) is 0 Å². The largest absolute Gasteiger partial charge is 0.481 e. The Morgan fingerprint density at radius 1 is 1.20 bits per heavy atom. The second-order valence-electron chi connectivity index (χ2n) is 6.91. The van der Waals surface area contributed by atoms with Gasteiger partial charge in [0.2, 0.25) is 0 Å². The number of carbonyl (C=O) groups is 2. The summed E-state index contributed by atoms with van der Waals surface area (Å²) in [6, 6.07) is 0.462. The summed E-state index contributed by atoms with van der Waals surface area (Å²) < 4.78 is 0. The summed E-state index contributed by atoms with van der Waals surface area (Å²) >= 11 is 0. The fourth-order valence-electron chi connectivity index (χ4n) is 3.14. The summed E-state index contributed by atoms with van der Waals surface area (Å²) in [7, 11) is 0. The molecule has 0 aromatic rings. The maximum absolute atomic E-state index is 12.3. The molecule has 3 rings (SSSR count). The van der Waals surface area contributed by atoms with Gasteiger partial charge in [-0.05, 0) is 49.9 Å². The molecule has 0 saturated heterocycles. The van der Waals surface area contributed by atoms with Crippen LogP contribution in [-0.2, 0) is 4.79 Å². The summed E-state index contributed by atoms with van der Waals surface area (Å²) in [5.74, 6) is -0.0472. The fraction of sp³-hybridized carbons (Fsp3) is 0.867. The van der Waals surface area contributed by atoms with Crippen LogP contribution in [0.15, 0.2) is 0 Å². The number of carbonyl (C=O) groups excluding carboxylic acids is 1. The molecule has 2 N–H and O–H groups in total. The second kappa shape index (κ2) is 5.26. The van der Waals surface area contributed by atoms with E-state index in [0.717, 1.165) is 38.6 Å². The van der Waals surface area contributed by atoms with E-state index < -0.39 is 5.97 Å². The molecular formula is C15H24N2O3. The molecule has 5 nitrogen and oxygen atoms in total. The molecule has 3 aliphatic carbocycles. The molecule has 5 heteroatoms. The quantitative estimate of drug-likeness (QED) is 0.751. The minimum absolute atomic E-state index is 0.0241. The van der Waals surface area contributed by atoms with Crippen molar-refractivity contribution in [2.24, 2.45) is 11.3 Å². The van der Waals surface area contributed by atoms with Crippen LogP contribution in [0.3, 0.4) is 0 Å². The first-order chi connectivity index (χ1) is 9.58. The molecule has 20 heavy (non-hydrogen) atoms. The Bertz CT molecular complexity index is 398. The topological polar surface area (TPSA) is 69.6 Å². The van der Waals surface area contributed by atoms with Crippen molar-refractivity contribution < 1.29 is 14.7 Å². The number of nitrogens with zero attached hydrogens (tertiary/aromatic N) is 1. The maximum Gasteiger partial charge on any atom is 0.317 e. The smallest absolute Gasteiger partial charge is 0.317 e. The van der Waals surface area contributed by atoms with Crippen LogP contribution >= 0.6 is 0 Å². The van der Waals surface area contributed by atoms with Crippen LogP contribution < -0.4 is 5.32 Å². The van der Waals surface area contributed by atoms with Crippen LogP contribution in [0.25, 0.3) is 0 Å². The molecule has 3 saturated carbocycles. The van der Waals surface area contributed by atoms with Crippen LogP contribution in [0.1, 0.15) is 51.4 Å². The van der Waals surface area contributed by atoms with E-state index in [1.807, 2.05) is 4.90 Å². The molecule has 3 aliphatic rings. The van der Waals surface area contributed by atoms with Gasteiger partial charge in [-0.3, -0.25) is 4.79 Å². The van der Waals surface area contributed by atoms with Crippen molar-refractivity contribution in [3.63, 3.8) is 0 Å². The van der Waals surface area contributed by atoms with E-state index in [1.54, 1.807) is 0 Å². The summed E-state index contributed by atoms with van der Waals surface area (Å²) in [5, 5.41) is 12.0. The normalized spacial score (nSPS) is 23.8. The zero-order valence-corrected chi connectivity index (χ0v) is 11.9. The monoisotopic (exact) mass is 280 g/mol. The van der Waals surface area contributed by atoms with Gasteiger partial charge in [0.25, 0.3) is 0 Å². The van der Waals surface area contributed by atoms with E-state index >= 15 is 0 Å². The molecule has 0 aromatic carbocycles. The van der Waals surface area contributed by atoms with Gasteiger partial charge in [-0.1, -0.05) is 6.42 Å². The van der Waals surface area contributed by atoms with Gasteiger partial charge in [-0.2, -0.15) is 0 Å². The predicted molar refractivity (Wildman–Crippen MR) is 74.4 cm³/mol. The third-order valence-electron chi connectivity index (χ3n) is 4.96. The highest BCUT2D eigenvalue weighted by molar-refractivity contribution is 5.75. The van der Waals surface area contributed by atoms with E-state index in [4.69, 9.17) is 5.11 Å². The van der Waals surface area contributed by atoms with Crippen molar-refractivity contribution in [3.8, 4) is 0 Å². The molecule has 0 radical (unpaired) electrons. The summed E-state index contributed by atoms with van der Waals surface area (Å²) in [6.45, 7) is 1.41. The zero-order valence-electron chi connectivity index (χ0n) is 11.9. The van der Waals surface area contributed by atoms with E-state index in [9.17, 15) is 9.59 Å². The maximum atomic E-state index is 12.3. The van der Waals surface area contributed by atoms with Gasteiger partial charge in [0.1, 0.15) is 0 Å². The Morgan fingerprint density at radius 2 is 1.90 bits per heavy atom. The first-order valence-electron chi connectivity index (χ1n) is 7.84. The van der Waals surface area contributed by atoms with Crippen molar-refractivity contribution in [2.45, 2.75) is 57.4 Å². The van der Waals surface area contributed by atoms with Crippen LogP contribution in [-0.4, -0.2) is 41.1 Å². The number of urea groups is 1. The molecule has 0 atom stereocenters. The third kappa shape index (κ3) is 3.25. The molecule has 0 aromatic heterocycles. The SMILES string of the molecule is O=C(O)CC1(CNC(=O)N(CC2CC2)C2CC2)CCC1. The minimum Gasteiger partial charge on any atom is -0.481 e. The first kappa shape index (κ1) is 13.7. The van der Waals surface area contributed by atoms with Crippen molar-refractivity contribution in [1.82, 2.24) is 10.2 Å². The van der Waals surface area contributed by atoms with Gasteiger partial charge in [0, 0.05) is 19.1 Å². The average Bonchev–Trinajstić information content (AvgIpc) is 3.22. The zero-order chi connectivity index (χ0) is 14.2. The lowest BCUT2D eigenvalue weighted by atomic mass is 9.66. The van der Waals surface area contributed by atoms with Crippen LogP contribution in [0.5, 0.6) is 0 Å². The number of carboxylic acid groups (broad SMARTS) is 1. The highest BCUT2D eigenvalue weighted by Gasteiger charge is 2.41. The lowest BCUT2D eigenvalue weighted by Crippen LogP contribution is -2.49. The van der Waals surface area contributed by atoms with E-state index in [1.165, 1.54) is 12.8 Å². The number of hydrogen-bond acceptors (Lipinski definition) is 2. The Kier molecular flexibility index (Phi) is 3.61. The summed E-state index contributed by atoms with van der Waals surface area (Å²) in [6.07, 6.45) is 7.86. The lowest BCUT2D eigenvalue weighted by molar-refractivity contribution is -0.141. The predicted octanol–water partition coefficient (Wildman–Crippen LogP) is 2.22. The van der Waals surface area contributed by atoms with E-state index in [-0.39, 0.29) is 17.9 Å². The molecule has 2 amide bonds. The van der Waals surface area contributed by atoms with E-state index in [2.05, 4.69) is 5.32 Å². The molecule has 0 unspecified atom stereocenters. The van der Waals surface area contributed by atoms with Crippen molar-refractivity contribution in [2.75, 3.05) is 13.1 Å². The van der Waals surface area contributed by atoms with E-state index in [0.29, 0.717) is 18.5 Å².